The van der Waals surface area contributed by atoms with E-state index in [9.17, 15) is 30.0 Å². The monoisotopic (exact) mass is 464 g/mol. The molecular formula is C21H40N2O9. The van der Waals surface area contributed by atoms with E-state index in [0.717, 1.165) is 0 Å². The number of hydrogen-bond donors (Lipinski definition) is 5. The molecule has 0 spiro atoms. The molecule has 2 amide bonds. The van der Waals surface area contributed by atoms with E-state index in [-0.39, 0.29) is 37.2 Å². The second-order valence-electron chi connectivity index (χ2n) is 8.11. The maximum absolute atomic E-state index is 12.5. The van der Waals surface area contributed by atoms with E-state index in [1.807, 2.05) is 0 Å². The summed E-state index contributed by atoms with van der Waals surface area (Å²) in [6.07, 6.45) is -0.0746. The average Bonchev–Trinajstić information content (AvgIpc) is 3.19. The first-order valence-electron chi connectivity index (χ1n) is 11.1. The molecule has 0 aromatic heterocycles. The van der Waals surface area contributed by atoms with Crippen molar-refractivity contribution >= 4 is 11.8 Å². The van der Waals surface area contributed by atoms with Crippen LogP contribution in [0, 0.1) is 0 Å². The van der Waals surface area contributed by atoms with E-state index < -0.39 is 37.8 Å². The van der Waals surface area contributed by atoms with Crippen molar-refractivity contribution in [2.24, 2.45) is 0 Å². The van der Waals surface area contributed by atoms with Crippen molar-refractivity contribution in [3.8, 4) is 0 Å². The average molecular weight is 465 g/mol. The number of aliphatic hydroxyl groups is 4. The fraction of sp³-hybridized carbons (Fsp3) is 0.905. The molecule has 0 bridgehead atoms. The molecular weight excluding hydrogens is 424 g/mol. The Labute approximate surface area is 189 Å². The highest BCUT2D eigenvalue weighted by Crippen LogP contribution is 2.21. The zero-order valence-electron chi connectivity index (χ0n) is 19.3. The molecule has 1 saturated heterocycles. The third kappa shape index (κ3) is 9.65. The Hall–Kier alpha value is -1.34. The standard InChI is InChI=1S/C21H40N2O9/c1-14(27)19(13-26)32-21(18(12-25)22-15(2)28)31-8-6-4-5-7-20(29)23-10-17(30-3)9-16(23)11-24/h14,16-19,21,24-27H,4-13H2,1-3H3,(H,22,28)/t14-,16+,17-,18+,19?,21?/m1/s1. The number of aliphatic hydroxyl groups excluding tert-OH is 4. The molecule has 32 heavy (non-hydrogen) atoms. The zero-order valence-corrected chi connectivity index (χ0v) is 19.3. The molecule has 6 atom stereocenters. The summed E-state index contributed by atoms with van der Waals surface area (Å²) in [5.41, 5.74) is 0. The highest BCUT2D eigenvalue weighted by atomic mass is 16.7. The van der Waals surface area contributed by atoms with Crippen molar-refractivity contribution in [3.63, 3.8) is 0 Å². The summed E-state index contributed by atoms with van der Waals surface area (Å²) in [5.74, 6) is -0.393. The molecule has 188 valence electrons. The molecule has 0 aliphatic carbocycles. The van der Waals surface area contributed by atoms with Crippen molar-refractivity contribution in [1.29, 1.82) is 0 Å². The Balaban J connectivity index is 2.45. The van der Waals surface area contributed by atoms with Gasteiger partial charge in [-0.2, -0.15) is 0 Å². The van der Waals surface area contributed by atoms with Crippen molar-refractivity contribution < 1.29 is 44.2 Å². The topological polar surface area (TPSA) is 158 Å². The van der Waals surface area contributed by atoms with Gasteiger partial charge < -0.3 is 44.9 Å². The van der Waals surface area contributed by atoms with Crippen LogP contribution in [0.4, 0.5) is 0 Å². The van der Waals surface area contributed by atoms with Gasteiger partial charge in [0.15, 0.2) is 6.29 Å². The van der Waals surface area contributed by atoms with Gasteiger partial charge in [0.25, 0.3) is 0 Å². The normalized spacial score (nSPS) is 22.4. The van der Waals surface area contributed by atoms with Gasteiger partial charge in [0, 0.05) is 33.6 Å². The van der Waals surface area contributed by atoms with Crippen molar-refractivity contribution in [1.82, 2.24) is 10.2 Å². The lowest BCUT2D eigenvalue weighted by atomic mass is 10.1. The van der Waals surface area contributed by atoms with Crippen LogP contribution < -0.4 is 5.32 Å². The van der Waals surface area contributed by atoms with E-state index in [0.29, 0.717) is 38.6 Å². The Morgan fingerprint density at radius 3 is 2.41 bits per heavy atom. The number of likely N-dealkylation sites (tertiary alicyclic amines) is 1. The summed E-state index contributed by atoms with van der Waals surface area (Å²) in [7, 11) is 1.60. The quantitative estimate of drug-likeness (QED) is 0.139. The van der Waals surface area contributed by atoms with E-state index in [4.69, 9.17) is 14.2 Å². The van der Waals surface area contributed by atoms with Gasteiger partial charge >= 0.3 is 0 Å². The molecule has 5 N–H and O–H groups in total. The van der Waals surface area contributed by atoms with E-state index in [1.54, 1.807) is 12.0 Å². The van der Waals surface area contributed by atoms with Crippen molar-refractivity contribution in [3.05, 3.63) is 0 Å². The molecule has 1 rings (SSSR count). The third-order valence-corrected chi connectivity index (χ3v) is 5.50. The van der Waals surface area contributed by atoms with Crippen LogP contribution in [-0.2, 0) is 23.8 Å². The lowest BCUT2D eigenvalue weighted by Crippen LogP contribution is -2.50. The van der Waals surface area contributed by atoms with Crippen LogP contribution in [0.1, 0.15) is 46.0 Å². The number of rotatable bonds is 16. The minimum Gasteiger partial charge on any atom is -0.394 e. The number of ether oxygens (including phenoxy) is 3. The highest BCUT2D eigenvalue weighted by Gasteiger charge is 2.34. The summed E-state index contributed by atoms with van der Waals surface area (Å²) in [5, 5.41) is 40.7. The van der Waals surface area contributed by atoms with Crippen LogP contribution in [0.5, 0.6) is 0 Å². The fourth-order valence-electron chi connectivity index (χ4n) is 3.61. The first kappa shape index (κ1) is 28.7. The number of carbonyl (C=O) groups is 2. The van der Waals surface area contributed by atoms with Gasteiger partial charge in [0.05, 0.1) is 38.1 Å². The summed E-state index contributed by atoms with van der Waals surface area (Å²) in [4.78, 5) is 25.5. The molecule has 1 aliphatic heterocycles. The number of hydrogen-bond acceptors (Lipinski definition) is 9. The second-order valence-corrected chi connectivity index (χ2v) is 8.11. The maximum Gasteiger partial charge on any atom is 0.222 e. The van der Waals surface area contributed by atoms with Gasteiger partial charge in [-0.25, -0.2) is 0 Å². The van der Waals surface area contributed by atoms with Gasteiger partial charge in [-0.15, -0.1) is 0 Å². The van der Waals surface area contributed by atoms with Crippen LogP contribution in [0.2, 0.25) is 0 Å². The number of carbonyl (C=O) groups excluding carboxylic acids is 2. The molecule has 1 aliphatic rings. The molecule has 2 unspecified atom stereocenters. The molecule has 1 fully saturated rings. The van der Waals surface area contributed by atoms with Crippen molar-refractivity contribution in [2.45, 2.75) is 82.6 Å². The Morgan fingerprint density at radius 2 is 1.88 bits per heavy atom. The highest BCUT2D eigenvalue weighted by molar-refractivity contribution is 5.77. The molecule has 0 saturated carbocycles. The number of nitrogens with one attached hydrogen (secondary N) is 1. The minimum absolute atomic E-state index is 0.0144. The number of nitrogens with zero attached hydrogens (tertiary/aromatic N) is 1. The minimum atomic E-state index is -1.06. The summed E-state index contributed by atoms with van der Waals surface area (Å²) in [6, 6.07) is -1.06. The van der Waals surface area contributed by atoms with Crippen LogP contribution >= 0.6 is 0 Å². The molecule has 0 radical (unpaired) electrons. The van der Waals surface area contributed by atoms with Gasteiger partial charge in [0.1, 0.15) is 12.1 Å². The first-order chi connectivity index (χ1) is 15.3. The zero-order chi connectivity index (χ0) is 24.1. The second kappa shape index (κ2) is 15.5. The van der Waals surface area contributed by atoms with E-state index in [1.165, 1.54) is 13.8 Å². The van der Waals surface area contributed by atoms with Gasteiger partial charge in [0.2, 0.25) is 11.8 Å². The summed E-state index contributed by atoms with van der Waals surface area (Å²) < 4.78 is 16.6. The Bertz CT molecular complexity index is 549. The lowest BCUT2D eigenvalue weighted by Gasteiger charge is -2.30. The molecule has 0 aromatic rings. The predicted molar refractivity (Wildman–Crippen MR) is 115 cm³/mol. The van der Waals surface area contributed by atoms with Crippen LogP contribution in [0.25, 0.3) is 0 Å². The Kier molecular flexibility index (Phi) is 13.9. The third-order valence-electron chi connectivity index (χ3n) is 5.50. The largest absolute Gasteiger partial charge is 0.394 e. The van der Waals surface area contributed by atoms with Gasteiger partial charge in [-0.3, -0.25) is 9.59 Å². The predicted octanol–water partition coefficient (Wildman–Crippen LogP) is -1.25. The summed E-state index contributed by atoms with van der Waals surface area (Å²) in [6.45, 7) is 2.51. The van der Waals surface area contributed by atoms with Crippen molar-refractivity contribution in [2.75, 3.05) is 40.1 Å². The maximum atomic E-state index is 12.5. The first-order valence-corrected chi connectivity index (χ1v) is 11.1. The van der Waals surface area contributed by atoms with Gasteiger partial charge in [-0.1, -0.05) is 6.42 Å². The van der Waals surface area contributed by atoms with Crippen LogP contribution in [-0.4, -0.2) is 114 Å². The summed E-state index contributed by atoms with van der Waals surface area (Å²) >= 11 is 0. The smallest absolute Gasteiger partial charge is 0.222 e. The van der Waals surface area contributed by atoms with E-state index >= 15 is 0 Å². The number of unbranched alkanes of at least 4 members (excludes halogenated alkanes) is 2. The van der Waals surface area contributed by atoms with Crippen LogP contribution in [0.15, 0.2) is 0 Å². The molecule has 11 heteroatoms. The molecule has 11 nitrogen and oxygen atoms in total. The Morgan fingerprint density at radius 1 is 1.16 bits per heavy atom. The van der Waals surface area contributed by atoms with Crippen LogP contribution in [0.3, 0.4) is 0 Å². The lowest BCUT2D eigenvalue weighted by molar-refractivity contribution is -0.214. The van der Waals surface area contributed by atoms with Gasteiger partial charge in [-0.05, 0) is 26.2 Å². The SMILES string of the molecule is CO[C@@H]1C[C@@H](CO)N(C(=O)CCCCCOC(OC(CO)[C@@H](C)O)[C@H](CO)NC(C)=O)C1. The molecule has 0 aromatic carbocycles. The number of methoxy groups -OCH3 is 1. The van der Waals surface area contributed by atoms with E-state index in [2.05, 4.69) is 5.32 Å². The molecule has 1 heterocycles. The number of amides is 2. The fourth-order valence-corrected chi connectivity index (χ4v) is 3.61.